The van der Waals surface area contributed by atoms with Gasteiger partial charge in [0.1, 0.15) is 11.4 Å². The van der Waals surface area contributed by atoms with Gasteiger partial charge in [-0.2, -0.15) is 5.10 Å². The lowest BCUT2D eigenvalue weighted by atomic mass is 10.1. The Bertz CT molecular complexity index is 594. The number of nitrogens with one attached hydrogen (secondary N) is 1. The van der Waals surface area contributed by atoms with E-state index in [2.05, 4.69) is 10.2 Å². The zero-order valence-corrected chi connectivity index (χ0v) is 11.8. The Hall–Kier alpha value is -2.30. The fourth-order valence-corrected chi connectivity index (χ4v) is 1.90. The summed E-state index contributed by atoms with van der Waals surface area (Å²) in [6, 6.07) is 7.51. The van der Waals surface area contributed by atoms with Gasteiger partial charge in [-0.3, -0.25) is 9.89 Å². The molecule has 5 nitrogen and oxygen atoms in total. The zero-order valence-electron chi connectivity index (χ0n) is 11.8. The highest BCUT2D eigenvalue weighted by Gasteiger charge is 2.13. The van der Waals surface area contributed by atoms with Crippen molar-refractivity contribution in [2.45, 2.75) is 32.8 Å². The predicted octanol–water partition coefficient (Wildman–Crippen LogP) is 2.88. The first kappa shape index (κ1) is 14.1. The van der Waals surface area contributed by atoms with Crippen LogP contribution >= 0.6 is 0 Å². The average Bonchev–Trinajstić information content (AvgIpc) is 2.75. The lowest BCUT2D eigenvalue weighted by Crippen LogP contribution is -2.22. The van der Waals surface area contributed by atoms with Crippen LogP contribution in [-0.2, 0) is 11.2 Å². The number of ether oxygens (including phenoxy) is 1. The monoisotopic (exact) mass is 274 g/mol. The van der Waals surface area contributed by atoms with Gasteiger partial charge in [0.2, 0.25) is 0 Å². The number of benzene rings is 1. The van der Waals surface area contributed by atoms with E-state index in [4.69, 9.17) is 9.84 Å². The van der Waals surface area contributed by atoms with Crippen molar-refractivity contribution in [3.8, 4) is 17.0 Å². The highest BCUT2D eigenvalue weighted by Crippen LogP contribution is 2.25. The number of carboxylic acids is 1. The second-order valence-corrected chi connectivity index (χ2v) is 5.58. The fourth-order valence-electron chi connectivity index (χ4n) is 1.90. The number of nitrogens with zero attached hydrogens (tertiary/aromatic N) is 1. The molecule has 106 valence electrons. The number of carbonyl (C=O) groups is 1. The molecule has 0 amide bonds. The molecule has 0 fully saturated rings. The Balaban J connectivity index is 2.22. The maximum absolute atomic E-state index is 10.8. The average molecular weight is 274 g/mol. The fraction of sp³-hybridized carbons (Fsp3) is 0.333. The van der Waals surface area contributed by atoms with Gasteiger partial charge in [-0.05, 0) is 45.0 Å². The standard InChI is InChI=1S/C15H18N2O3/c1-15(2,3)20-12-6-4-10(5-7-12)14-11(8-13(18)19)9-16-17-14/h4-7,9H,8H2,1-3H3,(H,16,17)(H,18,19). The van der Waals surface area contributed by atoms with Gasteiger partial charge in [0.25, 0.3) is 0 Å². The van der Waals surface area contributed by atoms with Crippen LogP contribution in [0.3, 0.4) is 0 Å². The summed E-state index contributed by atoms with van der Waals surface area (Å²) < 4.78 is 5.75. The second-order valence-electron chi connectivity index (χ2n) is 5.58. The van der Waals surface area contributed by atoms with Crippen LogP contribution in [0.25, 0.3) is 11.3 Å². The minimum absolute atomic E-state index is 0.0495. The van der Waals surface area contributed by atoms with Gasteiger partial charge in [-0.1, -0.05) is 0 Å². The number of carboxylic acid groups (broad SMARTS) is 1. The molecule has 2 rings (SSSR count). The molecular weight excluding hydrogens is 256 g/mol. The third-order valence-electron chi connectivity index (χ3n) is 2.63. The molecule has 0 unspecified atom stereocenters. The van der Waals surface area contributed by atoms with Gasteiger partial charge in [0.15, 0.2) is 0 Å². The topological polar surface area (TPSA) is 75.2 Å². The Morgan fingerprint density at radius 2 is 1.95 bits per heavy atom. The third-order valence-corrected chi connectivity index (χ3v) is 2.63. The molecule has 0 saturated heterocycles. The van der Waals surface area contributed by atoms with Crippen molar-refractivity contribution in [1.82, 2.24) is 10.2 Å². The molecule has 0 aliphatic rings. The van der Waals surface area contributed by atoms with Crippen LogP contribution in [0.1, 0.15) is 26.3 Å². The van der Waals surface area contributed by atoms with E-state index in [-0.39, 0.29) is 12.0 Å². The molecule has 0 aliphatic carbocycles. The van der Waals surface area contributed by atoms with E-state index < -0.39 is 5.97 Å². The number of hydrogen-bond donors (Lipinski definition) is 2. The van der Waals surface area contributed by atoms with Gasteiger partial charge in [0, 0.05) is 11.1 Å². The summed E-state index contributed by atoms with van der Waals surface area (Å²) in [4.78, 5) is 10.8. The molecule has 1 heterocycles. The molecule has 5 heteroatoms. The van der Waals surface area contributed by atoms with E-state index in [0.29, 0.717) is 5.56 Å². The number of rotatable bonds is 4. The minimum Gasteiger partial charge on any atom is -0.488 e. The van der Waals surface area contributed by atoms with E-state index in [1.807, 2.05) is 45.0 Å². The minimum atomic E-state index is -0.875. The van der Waals surface area contributed by atoms with E-state index in [0.717, 1.165) is 17.0 Å². The summed E-state index contributed by atoms with van der Waals surface area (Å²) >= 11 is 0. The molecule has 2 N–H and O–H groups in total. The van der Waals surface area contributed by atoms with Gasteiger partial charge in [-0.25, -0.2) is 0 Å². The summed E-state index contributed by atoms with van der Waals surface area (Å²) in [5, 5.41) is 15.6. The maximum Gasteiger partial charge on any atom is 0.307 e. The summed E-state index contributed by atoms with van der Waals surface area (Å²) in [6.07, 6.45) is 1.50. The first-order valence-corrected chi connectivity index (χ1v) is 6.38. The molecule has 0 spiro atoms. The second kappa shape index (κ2) is 5.36. The molecular formula is C15H18N2O3. The molecule has 1 aromatic heterocycles. The Morgan fingerprint density at radius 3 is 2.50 bits per heavy atom. The van der Waals surface area contributed by atoms with Crippen LogP contribution in [0, 0.1) is 0 Å². The Morgan fingerprint density at radius 1 is 1.30 bits per heavy atom. The van der Waals surface area contributed by atoms with Crippen molar-refractivity contribution in [3.05, 3.63) is 36.0 Å². The van der Waals surface area contributed by atoms with Crippen molar-refractivity contribution in [2.75, 3.05) is 0 Å². The number of hydrogen-bond acceptors (Lipinski definition) is 3. The van der Waals surface area contributed by atoms with Crippen LogP contribution < -0.4 is 4.74 Å². The third kappa shape index (κ3) is 3.60. The molecule has 1 aromatic carbocycles. The van der Waals surface area contributed by atoms with Crippen molar-refractivity contribution < 1.29 is 14.6 Å². The number of aromatic amines is 1. The van der Waals surface area contributed by atoms with Crippen molar-refractivity contribution in [3.63, 3.8) is 0 Å². The first-order chi connectivity index (χ1) is 9.35. The zero-order chi connectivity index (χ0) is 14.8. The summed E-state index contributed by atoms with van der Waals surface area (Å²) in [7, 11) is 0. The normalized spacial score (nSPS) is 11.3. The summed E-state index contributed by atoms with van der Waals surface area (Å²) in [5.41, 5.74) is 2.04. The summed E-state index contributed by atoms with van der Waals surface area (Å²) in [6.45, 7) is 5.96. The Kier molecular flexibility index (Phi) is 3.79. The molecule has 2 aromatic rings. The molecule has 0 aliphatic heterocycles. The molecule has 0 atom stereocenters. The van der Waals surface area contributed by atoms with Gasteiger partial charge in [-0.15, -0.1) is 0 Å². The van der Waals surface area contributed by atoms with Crippen molar-refractivity contribution >= 4 is 5.97 Å². The van der Waals surface area contributed by atoms with Gasteiger partial charge in [0.05, 0.1) is 18.3 Å². The van der Waals surface area contributed by atoms with Crippen LogP contribution in [-0.4, -0.2) is 26.9 Å². The van der Waals surface area contributed by atoms with Crippen molar-refractivity contribution in [2.24, 2.45) is 0 Å². The number of aliphatic carboxylic acids is 1. The largest absolute Gasteiger partial charge is 0.488 e. The lowest BCUT2D eigenvalue weighted by molar-refractivity contribution is -0.136. The Labute approximate surface area is 117 Å². The van der Waals surface area contributed by atoms with Crippen LogP contribution in [0.2, 0.25) is 0 Å². The highest BCUT2D eigenvalue weighted by molar-refractivity contribution is 5.74. The number of H-pyrrole nitrogens is 1. The highest BCUT2D eigenvalue weighted by atomic mass is 16.5. The lowest BCUT2D eigenvalue weighted by Gasteiger charge is -2.21. The quantitative estimate of drug-likeness (QED) is 0.899. The SMILES string of the molecule is CC(C)(C)Oc1ccc(-c2[nH]ncc2CC(=O)O)cc1. The van der Waals surface area contributed by atoms with E-state index >= 15 is 0 Å². The van der Waals surface area contributed by atoms with E-state index in [9.17, 15) is 4.79 Å². The maximum atomic E-state index is 10.8. The van der Waals surface area contributed by atoms with Crippen molar-refractivity contribution in [1.29, 1.82) is 0 Å². The molecule has 20 heavy (non-hydrogen) atoms. The molecule has 0 radical (unpaired) electrons. The van der Waals surface area contributed by atoms with E-state index in [1.165, 1.54) is 0 Å². The van der Waals surface area contributed by atoms with Gasteiger partial charge < -0.3 is 9.84 Å². The first-order valence-electron chi connectivity index (χ1n) is 6.38. The molecule has 0 saturated carbocycles. The summed E-state index contributed by atoms with van der Waals surface area (Å²) in [5.74, 6) is -0.0964. The van der Waals surface area contributed by atoms with E-state index in [1.54, 1.807) is 6.20 Å². The predicted molar refractivity (Wildman–Crippen MR) is 75.7 cm³/mol. The van der Waals surface area contributed by atoms with Gasteiger partial charge >= 0.3 is 5.97 Å². The van der Waals surface area contributed by atoms with Crippen LogP contribution in [0.15, 0.2) is 30.5 Å². The number of aromatic nitrogens is 2. The van der Waals surface area contributed by atoms with Crippen LogP contribution in [0.4, 0.5) is 0 Å². The smallest absolute Gasteiger partial charge is 0.307 e. The molecule has 0 bridgehead atoms. The van der Waals surface area contributed by atoms with Crippen LogP contribution in [0.5, 0.6) is 5.75 Å².